The van der Waals surface area contributed by atoms with Gasteiger partial charge in [-0.25, -0.2) is 0 Å². The fraction of sp³-hybridized carbons (Fsp3) is 0.375. The van der Waals surface area contributed by atoms with Crippen LogP contribution in [0.5, 0.6) is 11.5 Å². The molecule has 5 rings (SSSR count). The van der Waals surface area contributed by atoms with Crippen LogP contribution in [0.4, 0.5) is 0 Å². The first kappa shape index (κ1) is 27.4. The zero-order chi connectivity index (χ0) is 28.5. The highest BCUT2D eigenvalue weighted by atomic mass is 16.5. The highest BCUT2D eigenvalue weighted by molar-refractivity contribution is 6.17. The average Bonchev–Trinajstić information content (AvgIpc) is 3.25. The fourth-order valence-corrected chi connectivity index (χ4v) is 5.46. The molecule has 0 fully saturated rings. The van der Waals surface area contributed by atoms with E-state index in [0.717, 1.165) is 57.9 Å². The zero-order valence-electron chi connectivity index (χ0n) is 23.8. The summed E-state index contributed by atoms with van der Waals surface area (Å²) in [4.78, 5) is 34.5. The first-order chi connectivity index (χ1) is 19.0. The molecular formula is C32H36N4O4. The molecule has 1 aromatic heterocycles. The Kier molecular flexibility index (Phi) is 7.36. The second-order valence-electron chi connectivity index (χ2n) is 11.6. The molecule has 2 N–H and O–H groups in total. The van der Waals surface area contributed by atoms with Crippen LogP contribution < -0.4 is 20.1 Å². The maximum Gasteiger partial charge on any atom is 0.251 e. The summed E-state index contributed by atoms with van der Waals surface area (Å²) in [7, 11) is 1.67. The van der Waals surface area contributed by atoms with Gasteiger partial charge in [0.25, 0.3) is 5.91 Å². The van der Waals surface area contributed by atoms with Crippen LogP contribution in [-0.2, 0) is 24.1 Å². The lowest BCUT2D eigenvalue weighted by molar-refractivity contribution is -0.120. The molecule has 8 nitrogen and oxygen atoms in total. The molecular weight excluding hydrogens is 504 g/mol. The summed E-state index contributed by atoms with van der Waals surface area (Å²) in [5.74, 6) is 0.954. The number of ether oxygens (including phenoxy) is 2. The first-order valence-corrected chi connectivity index (χ1v) is 13.6. The standard InChI is InChI=1S/C32H36N4O4/c1-31(2)17-23-16-25(39-5)29-24(18-32(3,4)40-29)27(23)28(36-31)21-7-6-8-22(15-21)30(38)35-19-26(37)34-14-11-20-9-12-33-13-10-20/h6-10,12-13,15-16H,11,14,17-19H2,1-5H3,(H,34,37)(H,35,38). The Bertz CT molecular complexity index is 1480. The van der Waals surface area contributed by atoms with Crippen LogP contribution in [0.2, 0.25) is 0 Å². The molecule has 0 radical (unpaired) electrons. The molecule has 208 valence electrons. The van der Waals surface area contributed by atoms with Gasteiger partial charge in [0, 0.05) is 47.6 Å². The van der Waals surface area contributed by atoms with E-state index in [1.807, 2.05) is 30.3 Å². The Morgan fingerprint density at radius 3 is 2.55 bits per heavy atom. The predicted molar refractivity (Wildman–Crippen MR) is 155 cm³/mol. The summed E-state index contributed by atoms with van der Waals surface area (Å²) in [6.07, 6.45) is 5.65. The number of pyridine rings is 1. The number of methoxy groups -OCH3 is 1. The van der Waals surface area contributed by atoms with Crippen LogP contribution in [0.1, 0.15) is 65.9 Å². The van der Waals surface area contributed by atoms with Crippen molar-refractivity contribution in [2.24, 2.45) is 4.99 Å². The second kappa shape index (κ2) is 10.8. The number of hydrogen-bond acceptors (Lipinski definition) is 6. The van der Waals surface area contributed by atoms with Gasteiger partial charge in [0.2, 0.25) is 5.91 Å². The third-order valence-corrected chi connectivity index (χ3v) is 7.19. The number of benzene rings is 2. The number of hydrogen-bond donors (Lipinski definition) is 2. The van der Waals surface area contributed by atoms with E-state index in [-0.39, 0.29) is 29.5 Å². The smallest absolute Gasteiger partial charge is 0.251 e. The number of carbonyl (C=O) groups is 2. The van der Waals surface area contributed by atoms with Gasteiger partial charge in [0.1, 0.15) is 5.60 Å². The van der Waals surface area contributed by atoms with Crippen LogP contribution in [0.25, 0.3) is 0 Å². The third kappa shape index (κ3) is 5.86. The van der Waals surface area contributed by atoms with Crippen molar-refractivity contribution in [1.29, 1.82) is 0 Å². The minimum Gasteiger partial charge on any atom is -0.493 e. The average molecular weight is 541 g/mol. The number of carbonyl (C=O) groups excluding carboxylic acids is 2. The van der Waals surface area contributed by atoms with Gasteiger partial charge >= 0.3 is 0 Å². The van der Waals surface area contributed by atoms with Gasteiger partial charge in [0.05, 0.1) is 24.9 Å². The van der Waals surface area contributed by atoms with Crippen molar-refractivity contribution in [3.05, 3.63) is 88.2 Å². The van der Waals surface area contributed by atoms with E-state index >= 15 is 0 Å². The molecule has 0 saturated carbocycles. The second-order valence-corrected chi connectivity index (χ2v) is 11.6. The van der Waals surface area contributed by atoms with Gasteiger partial charge in [-0.1, -0.05) is 12.1 Å². The van der Waals surface area contributed by atoms with Crippen molar-refractivity contribution >= 4 is 17.5 Å². The third-order valence-electron chi connectivity index (χ3n) is 7.19. The molecule has 0 bridgehead atoms. The summed E-state index contributed by atoms with van der Waals surface area (Å²) in [6.45, 7) is 8.75. The topological polar surface area (TPSA) is 102 Å². The van der Waals surface area contributed by atoms with Gasteiger partial charge in [-0.2, -0.15) is 0 Å². The molecule has 2 aromatic carbocycles. The van der Waals surface area contributed by atoms with Crippen molar-refractivity contribution in [3.8, 4) is 11.5 Å². The summed E-state index contributed by atoms with van der Waals surface area (Å²) in [5.41, 5.74) is 5.87. The molecule has 0 atom stereocenters. The number of nitrogens with zero attached hydrogens (tertiary/aromatic N) is 2. The lowest BCUT2D eigenvalue weighted by atomic mass is 9.80. The largest absolute Gasteiger partial charge is 0.493 e. The molecule has 0 saturated heterocycles. The van der Waals surface area contributed by atoms with Crippen LogP contribution in [0, 0.1) is 0 Å². The lowest BCUT2D eigenvalue weighted by Crippen LogP contribution is -2.37. The van der Waals surface area contributed by atoms with E-state index in [2.05, 4.69) is 49.4 Å². The van der Waals surface area contributed by atoms with E-state index in [4.69, 9.17) is 14.5 Å². The van der Waals surface area contributed by atoms with Crippen molar-refractivity contribution in [2.75, 3.05) is 20.2 Å². The van der Waals surface area contributed by atoms with Crippen LogP contribution >= 0.6 is 0 Å². The normalized spacial score (nSPS) is 16.2. The van der Waals surface area contributed by atoms with Gasteiger partial charge in [-0.3, -0.25) is 19.6 Å². The summed E-state index contributed by atoms with van der Waals surface area (Å²) >= 11 is 0. The molecule has 0 spiro atoms. The fourth-order valence-electron chi connectivity index (χ4n) is 5.46. The number of aromatic nitrogens is 1. The Morgan fingerprint density at radius 1 is 1.02 bits per heavy atom. The van der Waals surface area contributed by atoms with Gasteiger partial charge in [0.15, 0.2) is 11.5 Å². The zero-order valence-corrected chi connectivity index (χ0v) is 23.8. The highest BCUT2D eigenvalue weighted by Crippen LogP contribution is 2.47. The number of aliphatic imine (C=N–C) groups is 1. The highest BCUT2D eigenvalue weighted by Gasteiger charge is 2.39. The number of fused-ring (bicyclic) bond motifs is 3. The quantitative estimate of drug-likeness (QED) is 0.449. The Hall–Kier alpha value is -4.20. The lowest BCUT2D eigenvalue weighted by Gasteiger charge is -2.31. The summed E-state index contributed by atoms with van der Waals surface area (Å²) in [5, 5.41) is 5.59. The van der Waals surface area contributed by atoms with Crippen molar-refractivity contribution in [2.45, 2.75) is 58.1 Å². The Labute approximate surface area is 235 Å². The monoisotopic (exact) mass is 540 g/mol. The van der Waals surface area contributed by atoms with Crippen molar-refractivity contribution in [1.82, 2.24) is 15.6 Å². The summed E-state index contributed by atoms with van der Waals surface area (Å²) < 4.78 is 12.0. The molecule has 8 heteroatoms. The van der Waals surface area contributed by atoms with E-state index < -0.39 is 0 Å². The molecule has 0 unspecified atom stereocenters. The van der Waals surface area contributed by atoms with Crippen LogP contribution in [0.3, 0.4) is 0 Å². The van der Waals surface area contributed by atoms with Crippen LogP contribution in [0.15, 0.2) is 59.9 Å². The van der Waals surface area contributed by atoms with Gasteiger partial charge in [-0.15, -0.1) is 0 Å². The molecule has 2 aliphatic rings. The minimum atomic E-state index is -0.358. The van der Waals surface area contributed by atoms with Gasteiger partial charge in [-0.05, 0) is 82.0 Å². The Morgan fingerprint density at radius 2 is 1.80 bits per heavy atom. The molecule has 0 aliphatic carbocycles. The first-order valence-electron chi connectivity index (χ1n) is 13.6. The molecule has 2 aliphatic heterocycles. The predicted octanol–water partition coefficient (Wildman–Crippen LogP) is 4.06. The maximum atomic E-state index is 13.0. The van der Waals surface area contributed by atoms with E-state index in [0.29, 0.717) is 18.5 Å². The van der Waals surface area contributed by atoms with Gasteiger partial charge < -0.3 is 20.1 Å². The molecule has 40 heavy (non-hydrogen) atoms. The van der Waals surface area contributed by atoms with Crippen LogP contribution in [-0.4, -0.2) is 53.8 Å². The van der Waals surface area contributed by atoms with Crippen molar-refractivity contribution in [3.63, 3.8) is 0 Å². The van der Waals surface area contributed by atoms with E-state index in [1.54, 1.807) is 25.6 Å². The molecule has 3 heterocycles. The molecule has 3 aromatic rings. The number of amides is 2. The SMILES string of the molecule is COc1cc2c(c3c1OC(C)(C)C3)C(c1cccc(C(=O)NCC(=O)NCCc3ccncc3)c1)=NC(C)(C)C2. The maximum absolute atomic E-state index is 13.0. The number of nitrogens with one attached hydrogen (secondary N) is 2. The number of rotatable bonds is 8. The molecule has 2 amide bonds. The van der Waals surface area contributed by atoms with E-state index in [1.165, 1.54) is 0 Å². The minimum absolute atomic E-state index is 0.101. The van der Waals surface area contributed by atoms with E-state index in [9.17, 15) is 9.59 Å². The Balaban J connectivity index is 1.34. The summed E-state index contributed by atoms with van der Waals surface area (Å²) in [6, 6.07) is 13.3. The van der Waals surface area contributed by atoms with Crippen molar-refractivity contribution < 1.29 is 19.1 Å².